The number of benzene rings is 2. The number of halogens is 4. The van der Waals surface area contributed by atoms with Gasteiger partial charge in [0, 0.05) is 33.7 Å². The van der Waals surface area contributed by atoms with Crippen molar-refractivity contribution in [1.82, 2.24) is 10.2 Å². The molecule has 0 saturated carbocycles. The van der Waals surface area contributed by atoms with Gasteiger partial charge in [0.05, 0.1) is 5.02 Å². The molecule has 1 N–H and O–H groups in total. The molecular weight excluding hydrogens is 494 g/mol. The van der Waals surface area contributed by atoms with Gasteiger partial charge in [0.25, 0.3) is 5.91 Å². The van der Waals surface area contributed by atoms with Gasteiger partial charge in [0.15, 0.2) is 6.61 Å². The molecule has 0 aliphatic carbocycles. The minimum Gasteiger partial charge on any atom is -0.482 e. The lowest BCUT2D eigenvalue weighted by molar-refractivity contribution is -0.143. The van der Waals surface area contributed by atoms with Crippen LogP contribution in [0.25, 0.3) is 0 Å². The molecule has 2 rings (SSSR count). The second kappa shape index (κ2) is 13.1. The molecule has 0 heterocycles. The Labute approximate surface area is 208 Å². The molecule has 0 unspecified atom stereocenters. The summed E-state index contributed by atoms with van der Waals surface area (Å²) in [5, 5.41) is 4.47. The first-order chi connectivity index (χ1) is 15.3. The Morgan fingerprint density at radius 3 is 2.31 bits per heavy atom. The van der Waals surface area contributed by atoms with Crippen LogP contribution in [-0.4, -0.2) is 35.9 Å². The van der Waals surface area contributed by atoms with E-state index in [9.17, 15) is 9.59 Å². The van der Waals surface area contributed by atoms with Gasteiger partial charge in [-0.3, -0.25) is 9.59 Å². The van der Waals surface area contributed by atoms with E-state index >= 15 is 0 Å². The van der Waals surface area contributed by atoms with Gasteiger partial charge in [-0.2, -0.15) is 0 Å². The van der Waals surface area contributed by atoms with E-state index in [-0.39, 0.29) is 24.1 Å². The Morgan fingerprint density at radius 1 is 1.03 bits per heavy atom. The van der Waals surface area contributed by atoms with Gasteiger partial charge < -0.3 is 15.0 Å². The Balaban J connectivity index is 2.26. The molecule has 2 aromatic carbocycles. The third kappa shape index (κ3) is 7.45. The molecule has 174 valence electrons. The molecule has 1 atom stereocenters. The lowest BCUT2D eigenvalue weighted by atomic mass is 10.1. The standard InChI is InChI=1S/C23H26Cl4N2O3/c1-3-5-11-28-23(31)20(4-2)29(13-16-17(25)7-6-8-18(16)26)22(30)14-32-21-10-9-15(24)12-19(21)27/h6-10,12,20H,3-5,11,13-14H2,1-2H3,(H,28,31)/t20-/m1/s1. The van der Waals surface area contributed by atoms with E-state index in [4.69, 9.17) is 51.1 Å². The number of rotatable bonds is 11. The molecule has 0 aliphatic heterocycles. The number of unbranched alkanes of at least 4 members (excludes halogenated alkanes) is 1. The number of hydrogen-bond donors (Lipinski definition) is 1. The molecule has 0 fully saturated rings. The first kappa shape index (κ1) is 26.6. The van der Waals surface area contributed by atoms with Gasteiger partial charge in [-0.05, 0) is 43.2 Å². The summed E-state index contributed by atoms with van der Waals surface area (Å²) < 4.78 is 5.63. The third-order valence-corrected chi connectivity index (χ3v) is 6.09. The molecule has 0 saturated heterocycles. The highest BCUT2D eigenvalue weighted by molar-refractivity contribution is 6.36. The van der Waals surface area contributed by atoms with E-state index < -0.39 is 11.9 Å². The number of amides is 2. The molecule has 0 aromatic heterocycles. The summed E-state index contributed by atoms with van der Waals surface area (Å²) in [6.07, 6.45) is 2.21. The largest absolute Gasteiger partial charge is 0.482 e. The monoisotopic (exact) mass is 518 g/mol. The van der Waals surface area contributed by atoms with Crippen LogP contribution >= 0.6 is 46.4 Å². The number of nitrogens with one attached hydrogen (secondary N) is 1. The van der Waals surface area contributed by atoms with Gasteiger partial charge in [-0.25, -0.2) is 0 Å². The average molecular weight is 520 g/mol. The number of nitrogens with zero attached hydrogens (tertiary/aromatic N) is 1. The summed E-state index contributed by atoms with van der Waals surface area (Å²) in [7, 11) is 0. The normalized spacial score (nSPS) is 11.7. The zero-order chi connectivity index (χ0) is 23.7. The fourth-order valence-corrected chi connectivity index (χ4v) is 4.07. The van der Waals surface area contributed by atoms with Crippen LogP contribution in [-0.2, 0) is 16.1 Å². The Hall–Kier alpha value is -1.66. The van der Waals surface area contributed by atoms with Gasteiger partial charge in [0.2, 0.25) is 5.91 Å². The summed E-state index contributed by atoms with van der Waals surface area (Å²) in [6.45, 7) is 4.17. The molecular formula is C23H26Cl4N2O3. The fraction of sp³-hybridized carbons (Fsp3) is 0.391. The zero-order valence-electron chi connectivity index (χ0n) is 18.0. The van der Waals surface area contributed by atoms with E-state index in [1.54, 1.807) is 30.3 Å². The van der Waals surface area contributed by atoms with Gasteiger partial charge in [-0.1, -0.05) is 72.7 Å². The number of carbonyl (C=O) groups is 2. The van der Waals surface area contributed by atoms with Gasteiger partial charge >= 0.3 is 0 Å². The van der Waals surface area contributed by atoms with E-state index in [1.807, 2.05) is 13.8 Å². The number of ether oxygens (including phenoxy) is 1. The van der Waals surface area contributed by atoms with Crippen LogP contribution in [0.4, 0.5) is 0 Å². The Morgan fingerprint density at radius 2 is 1.72 bits per heavy atom. The topological polar surface area (TPSA) is 58.6 Å². The average Bonchev–Trinajstić information content (AvgIpc) is 2.75. The van der Waals surface area contributed by atoms with Crippen molar-refractivity contribution in [2.45, 2.75) is 45.7 Å². The molecule has 5 nitrogen and oxygen atoms in total. The van der Waals surface area contributed by atoms with E-state index in [2.05, 4.69) is 5.32 Å². The third-order valence-electron chi connectivity index (χ3n) is 4.85. The van der Waals surface area contributed by atoms with Crippen LogP contribution in [0.1, 0.15) is 38.7 Å². The summed E-state index contributed by atoms with van der Waals surface area (Å²) in [5.74, 6) is -0.313. The molecule has 9 heteroatoms. The van der Waals surface area contributed by atoms with Crippen molar-refractivity contribution in [1.29, 1.82) is 0 Å². The summed E-state index contributed by atoms with van der Waals surface area (Å²) in [5.41, 5.74) is 0.563. The van der Waals surface area contributed by atoms with Crippen LogP contribution in [0, 0.1) is 0 Å². The molecule has 2 amide bonds. The molecule has 0 spiro atoms. The van der Waals surface area contributed by atoms with Crippen molar-refractivity contribution in [3.8, 4) is 5.75 Å². The van der Waals surface area contributed by atoms with E-state index in [0.717, 1.165) is 12.8 Å². The molecule has 0 radical (unpaired) electrons. The smallest absolute Gasteiger partial charge is 0.261 e. The molecule has 32 heavy (non-hydrogen) atoms. The van der Waals surface area contributed by atoms with Crippen molar-refractivity contribution >= 4 is 58.2 Å². The maximum absolute atomic E-state index is 13.2. The number of carbonyl (C=O) groups excluding carboxylic acids is 2. The van der Waals surface area contributed by atoms with Gasteiger partial charge in [0.1, 0.15) is 11.8 Å². The predicted octanol–water partition coefficient (Wildman–Crippen LogP) is 6.40. The van der Waals surface area contributed by atoms with Crippen LogP contribution < -0.4 is 10.1 Å². The highest BCUT2D eigenvalue weighted by Crippen LogP contribution is 2.29. The highest BCUT2D eigenvalue weighted by atomic mass is 35.5. The Kier molecular flexibility index (Phi) is 10.9. The molecule has 0 bridgehead atoms. The second-order valence-corrected chi connectivity index (χ2v) is 8.81. The number of hydrogen-bond acceptors (Lipinski definition) is 3. The van der Waals surface area contributed by atoms with E-state index in [1.165, 1.54) is 11.0 Å². The van der Waals surface area contributed by atoms with Gasteiger partial charge in [-0.15, -0.1) is 0 Å². The fourth-order valence-electron chi connectivity index (χ4n) is 3.09. The first-order valence-electron chi connectivity index (χ1n) is 10.4. The van der Waals surface area contributed by atoms with Crippen molar-refractivity contribution in [2.24, 2.45) is 0 Å². The molecule has 0 aliphatic rings. The maximum atomic E-state index is 13.2. The van der Waals surface area contributed by atoms with Crippen LogP contribution in [0.15, 0.2) is 36.4 Å². The van der Waals surface area contributed by atoms with Crippen molar-refractivity contribution < 1.29 is 14.3 Å². The van der Waals surface area contributed by atoms with Crippen LogP contribution in [0.3, 0.4) is 0 Å². The minimum absolute atomic E-state index is 0.0642. The van der Waals surface area contributed by atoms with Crippen molar-refractivity contribution in [3.63, 3.8) is 0 Å². The SMILES string of the molecule is CCCCNC(=O)[C@@H](CC)N(Cc1c(Cl)cccc1Cl)C(=O)COc1ccc(Cl)cc1Cl. The van der Waals surface area contributed by atoms with Crippen LogP contribution in [0.5, 0.6) is 5.75 Å². The lowest BCUT2D eigenvalue weighted by Gasteiger charge is -2.31. The minimum atomic E-state index is -0.712. The lowest BCUT2D eigenvalue weighted by Crippen LogP contribution is -2.50. The maximum Gasteiger partial charge on any atom is 0.261 e. The predicted molar refractivity (Wildman–Crippen MR) is 131 cm³/mol. The van der Waals surface area contributed by atoms with E-state index in [0.29, 0.717) is 39.3 Å². The zero-order valence-corrected chi connectivity index (χ0v) is 21.0. The summed E-state index contributed by atoms with van der Waals surface area (Å²) >= 11 is 24.7. The van der Waals surface area contributed by atoms with Crippen molar-refractivity contribution in [3.05, 3.63) is 62.1 Å². The summed E-state index contributed by atoms with van der Waals surface area (Å²) in [6, 6.07) is 9.12. The van der Waals surface area contributed by atoms with Crippen molar-refractivity contribution in [2.75, 3.05) is 13.2 Å². The highest BCUT2D eigenvalue weighted by Gasteiger charge is 2.30. The quantitative estimate of drug-likeness (QED) is 0.349. The first-order valence-corrected chi connectivity index (χ1v) is 11.9. The Bertz CT molecular complexity index is 919. The van der Waals surface area contributed by atoms with Crippen LogP contribution in [0.2, 0.25) is 20.1 Å². The second-order valence-electron chi connectivity index (χ2n) is 7.15. The summed E-state index contributed by atoms with van der Waals surface area (Å²) in [4.78, 5) is 27.5. The molecule has 2 aromatic rings.